The second-order valence-electron chi connectivity index (χ2n) is 5.13. The Balaban J connectivity index is 1.61. The lowest BCUT2D eigenvalue weighted by Gasteiger charge is -2.06. The van der Waals surface area contributed by atoms with E-state index in [1.807, 2.05) is 18.2 Å². The summed E-state index contributed by atoms with van der Waals surface area (Å²) in [6.07, 6.45) is 0.108. The molecule has 0 bridgehead atoms. The van der Waals surface area contributed by atoms with E-state index in [0.717, 1.165) is 5.39 Å². The van der Waals surface area contributed by atoms with Crippen LogP contribution in [0.2, 0.25) is 0 Å². The summed E-state index contributed by atoms with van der Waals surface area (Å²) in [6.45, 7) is -0.190. The van der Waals surface area contributed by atoms with Crippen LogP contribution in [0.5, 0.6) is 5.75 Å². The average molecular weight is 325 g/mol. The summed E-state index contributed by atoms with van der Waals surface area (Å²) >= 11 is 0. The third-order valence-electron chi connectivity index (χ3n) is 3.30. The molecular formula is C17H15N3O4. The van der Waals surface area contributed by atoms with Crippen LogP contribution in [0, 0.1) is 0 Å². The quantitative estimate of drug-likeness (QED) is 0.719. The number of benzene rings is 2. The van der Waals surface area contributed by atoms with Crippen LogP contribution in [0.3, 0.4) is 0 Å². The largest absolute Gasteiger partial charge is 0.484 e. The summed E-state index contributed by atoms with van der Waals surface area (Å²) in [4.78, 5) is 22.8. The van der Waals surface area contributed by atoms with Gasteiger partial charge in [-0.15, -0.1) is 0 Å². The number of nitrogens with zero attached hydrogens (tertiary/aromatic N) is 1. The van der Waals surface area contributed by atoms with Crippen LogP contribution >= 0.6 is 0 Å². The molecule has 0 aliphatic rings. The minimum Gasteiger partial charge on any atom is -0.484 e. The van der Waals surface area contributed by atoms with E-state index in [1.54, 1.807) is 30.3 Å². The molecule has 1 aromatic heterocycles. The number of primary amides is 1. The van der Waals surface area contributed by atoms with Gasteiger partial charge in [0.2, 0.25) is 5.91 Å². The zero-order valence-electron chi connectivity index (χ0n) is 12.7. The van der Waals surface area contributed by atoms with Gasteiger partial charge >= 0.3 is 0 Å². The first-order chi connectivity index (χ1) is 11.6. The number of aromatic nitrogens is 1. The van der Waals surface area contributed by atoms with Gasteiger partial charge in [0, 0.05) is 11.1 Å². The average Bonchev–Trinajstić information content (AvgIpc) is 2.97. The highest BCUT2D eigenvalue weighted by Crippen LogP contribution is 2.19. The fraction of sp³-hybridized carbons (Fsp3) is 0.118. The maximum absolute atomic E-state index is 12.1. The Hall–Kier alpha value is -3.35. The fourth-order valence-electron chi connectivity index (χ4n) is 2.21. The summed E-state index contributed by atoms with van der Waals surface area (Å²) in [6, 6.07) is 14.0. The number of carbonyl (C=O) groups is 2. The second-order valence-corrected chi connectivity index (χ2v) is 5.13. The summed E-state index contributed by atoms with van der Waals surface area (Å²) in [5.41, 5.74) is 6.85. The third-order valence-corrected chi connectivity index (χ3v) is 3.30. The second kappa shape index (κ2) is 6.82. The van der Waals surface area contributed by atoms with Gasteiger partial charge in [-0.3, -0.25) is 9.59 Å². The van der Waals surface area contributed by atoms with E-state index < -0.39 is 5.91 Å². The molecular weight excluding hydrogens is 310 g/mol. The summed E-state index contributed by atoms with van der Waals surface area (Å²) in [5, 5.41) is 7.52. The predicted molar refractivity (Wildman–Crippen MR) is 87.5 cm³/mol. The first-order valence-corrected chi connectivity index (χ1v) is 7.26. The van der Waals surface area contributed by atoms with Gasteiger partial charge in [-0.25, -0.2) is 0 Å². The van der Waals surface area contributed by atoms with Crippen molar-refractivity contribution in [2.45, 2.75) is 6.42 Å². The Bertz CT molecular complexity index is 871. The molecule has 0 spiro atoms. The zero-order chi connectivity index (χ0) is 16.9. The van der Waals surface area contributed by atoms with Crippen LogP contribution in [-0.2, 0) is 16.0 Å². The van der Waals surface area contributed by atoms with Crippen LogP contribution in [0.4, 0.5) is 5.69 Å². The standard InChI is InChI=1S/C17H15N3O4/c18-16(21)10-23-12-7-5-11(6-8-12)19-17(22)9-14-13-3-1-2-4-15(13)24-20-14/h1-8H,9-10H2,(H2,18,21)(H,19,22). The van der Waals surface area contributed by atoms with Gasteiger partial charge in [-0.2, -0.15) is 0 Å². The molecule has 7 heteroatoms. The molecule has 0 unspecified atom stereocenters. The van der Waals surface area contributed by atoms with Crippen LogP contribution in [0.1, 0.15) is 5.69 Å². The van der Waals surface area contributed by atoms with Gasteiger partial charge in [0.05, 0.1) is 6.42 Å². The highest BCUT2D eigenvalue weighted by molar-refractivity contribution is 5.94. The smallest absolute Gasteiger partial charge is 0.255 e. The number of para-hydroxylation sites is 1. The van der Waals surface area contributed by atoms with Gasteiger partial charge in [0.15, 0.2) is 12.2 Å². The molecule has 0 radical (unpaired) electrons. The van der Waals surface area contributed by atoms with E-state index >= 15 is 0 Å². The molecule has 2 aromatic carbocycles. The zero-order valence-corrected chi connectivity index (χ0v) is 12.7. The van der Waals surface area contributed by atoms with Crippen LogP contribution in [0.15, 0.2) is 53.1 Å². The molecule has 122 valence electrons. The van der Waals surface area contributed by atoms with Crippen molar-refractivity contribution in [2.75, 3.05) is 11.9 Å². The third kappa shape index (κ3) is 3.70. The Kier molecular flexibility index (Phi) is 4.42. The first-order valence-electron chi connectivity index (χ1n) is 7.26. The number of hydrogen-bond acceptors (Lipinski definition) is 5. The van der Waals surface area contributed by atoms with Gasteiger partial charge in [0.25, 0.3) is 5.91 Å². The molecule has 0 atom stereocenters. The molecule has 3 aromatic rings. The van der Waals surface area contributed by atoms with E-state index in [0.29, 0.717) is 22.7 Å². The highest BCUT2D eigenvalue weighted by atomic mass is 16.5. The SMILES string of the molecule is NC(=O)COc1ccc(NC(=O)Cc2noc3ccccc23)cc1. The van der Waals surface area contributed by atoms with Gasteiger partial charge in [-0.1, -0.05) is 17.3 Å². The molecule has 0 aliphatic carbocycles. The number of fused-ring (bicyclic) bond motifs is 1. The minimum absolute atomic E-state index is 0.108. The summed E-state index contributed by atoms with van der Waals surface area (Å²) in [5.74, 6) is -0.263. The summed E-state index contributed by atoms with van der Waals surface area (Å²) < 4.78 is 10.3. The Morgan fingerprint density at radius 3 is 2.62 bits per heavy atom. The van der Waals surface area contributed by atoms with Crippen molar-refractivity contribution >= 4 is 28.5 Å². The molecule has 3 rings (SSSR count). The number of amides is 2. The number of nitrogens with two attached hydrogens (primary N) is 1. The molecule has 0 saturated carbocycles. The predicted octanol–water partition coefficient (Wildman–Crippen LogP) is 1.87. The van der Waals surface area contributed by atoms with E-state index in [1.165, 1.54) is 0 Å². The van der Waals surface area contributed by atoms with E-state index in [4.69, 9.17) is 15.0 Å². The highest BCUT2D eigenvalue weighted by Gasteiger charge is 2.12. The number of ether oxygens (including phenoxy) is 1. The molecule has 0 saturated heterocycles. The lowest BCUT2D eigenvalue weighted by Crippen LogP contribution is -2.20. The van der Waals surface area contributed by atoms with Crippen LogP contribution < -0.4 is 15.8 Å². The molecule has 0 fully saturated rings. The van der Waals surface area contributed by atoms with E-state index in [9.17, 15) is 9.59 Å². The van der Waals surface area contributed by atoms with E-state index in [2.05, 4.69) is 10.5 Å². The molecule has 1 heterocycles. The van der Waals surface area contributed by atoms with Crippen molar-refractivity contribution in [1.29, 1.82) is 0 Å². The van der Waals surface area contributed by atoms with Crippen LogP contribution in [0.25, 0.3) is 11.0 Å². The maximum atomic E-state index is 12.1. The van der Waals surface area contributed by atoms with Gasteiger partial charge < -0.3 is 20.3 Å². The van der Waals surface area contributed by atoms with Crippen LogP contribution in [-0.4, -0.2) is 23.6 Å². The molecule has 7 nitrogen and oxygen atoms in total. The lowest BCUT2D eigenvalue weighted by molar-refractivity contribution is -0.120. The van der Waals surface area contributed by atoms with Crippen molar-refractivity contribution in [2.24, 2.45) is 5.73 Å². The van der Waals surface area contributed by atoms with E-state index in [-0.39, 0.29) is 18.9 Å². The van der Waals surface area contributed by atoms with Crippen molar-refractivity contribution in [3.63, 3.8) is 0 Å². The molecule has 0 aliphatic heterocycles. The maximum Gasteiger partial charge on any atom is 0.255 e. The Labute approximate surface area is 137 Å². The normalized spacial score (nSPS) is 10.5. The molecule has 2 amide bonds. The number of hydrogen-bond donors (Lipinski definition) is 2. The van der Waals surface area contributed by atoms with Crippen molar-refractivity contribution in [3.05, 3.63) is 54.2 Å². The fourth-order valence-corrected chi connectivity index (χ4v) is 2.21. The number of nitrogens with one attached hydrogen (secondary N) is 1. The Morgan fingerprint density at radius 2 is 1.88 bits per heavy atom. The van der Waals surface area contributed by atoms with Crippen molar-refractivity contribution in [3.8, 4) is 5.75 Å². The van der Waals surface area contributed by atoms with Crippen molar-refractivity contribution < 1.29 is 18.8 Å². The molecule has 3 N–H and O–H groups in total. The number of carbonyl (C=O) groups excluding carboxylic acids is 2. The van der Waals surface area contributed by atoms with Gasteiger partial charge in [-0.05, 0) is 36.4 Å². The Morgan fingerprint density at radius 1 is 1.12 bits per heavy atom. The monoisotopic (exact) mass is 325 g/mol. The number of anilines is 1. The minimum atomic E-state index is -0.549. The lowest BCUT2D eigenvalue weighted by atomic mass is 10.1. The number of rotatable bonds is 6. The molecule has 24 heavy (non-hydrogen) atoms. The van der Waals surface area contributed by atoms with Crippen molar-refractivity contribution in [1.82, 2.24) is 5.16 Å². The topological polar surface area (TPSA) is 107 Å². The first kappa shape index (κ1) is 15.5. The van der Waals surface area contributed by atoms with Gasteiger partial charge in [0.1, 0.15) is 11.4 Å². The summed E-state index contributed by atoms with van der Waals surface area (Å²) in [7, 11) is 0.